The maximum Gasteiger partial charge on any atom is 0.157 e. The summed E-state index contributed by atoms with van der Waals surface area (Å²) in [7, 11) is 0. The summed E-state index contributed by atoms with van der Waals surface area (Å²) in [6.07, 6.45) is 4.76. The molecule has 0 spiro atoms. The van der Waals surface area contributed by atoms with Crippen molar-refractivity contribution < 1.29 is 9.52 Å². The molecule has 0 aromatic carbocycles. The second kappa shape index (κ2) is 6.79. The molecule has 0 amide bonds. The summed E-state index contributed by atoms with van der Waals surface area (Å²) in [4.78, 5) is 8.70. The Labute approximate surface area is 135 Å². The number of aryl methyl sites for hydroxylation is 2. The average Bonchev–Trinajstić information content (AvgIpc) is 2.92. The lowest BCUT2D eigenvalue weighted by Crippen LogP contribution is -1.97. The molecule has 5 heteroatoms. The van der Waals surface area contributed by atoms with E-state index in [0.29, 0.717) is 5.69 Å². The van der Waals surface area contributed by atoms with Crippen molar-refractivity contribution in [3.8, 4) is 0 Å². The molecule has 0 saturated carbocycles. The maximum atomic E-state index is 9.42. The molecule has 0 aliphatic rings. The van der Waals surface area contributed by atoms with Gasteiger partial charge >= 0.3 is 0 Å². The SMILES string of the molecule is CCCCc1oc2c(C)nc(CO)cc2c1Nc1ccccn1. The molecule has 23 heavy (non-hydrogen) atoms. The van der Waals surface area contributed by atoms with Gasteiger partial charge in [-0.3, -0.25) is 4.98 Å². The Morgan fingerprint density at radius 2 is 2.17 bits per heavy atom. The van der Waals surface area contributed by atoms with Gasteiger partial charge in [0.2, 0.25) is 0 Å². The number of aliphatic hydroxyl groups excluding tert-OH is 1. The summed E-state index contributed by atoms with van der Waals surface area (Å²) in [6.45, 7) is 3.97. The van der Waals surface area contributed by atoms with Crippen LogP contribution in [-0.4, -0.2) is 15.1 Å². The number of unbranched alkanes of at least 4 members (excludes halogenated alkanes) is 1. The van der Waals surface area contributed by atoms with E-state index in [2.05, 4.69) is 22.2 Å². The number of anilines is 2. The summed E-state index contributed by atoms with van der Waals surface area (Å²) in [5.41, 5.74) is 3.12. The molecule has 120 valence electrons. The van der Waals surface area contributed by atoms with Gasteiger partial charge in [0.15, 0.2) is 5.58 Å². The van der Waals surface area contributed by atoms with Gasteiger partial charge in [-0.05, 0) is 31.5 Å². The summed E-state index contributed by atoms with van der Waals surface area (Å²) in [6, 6.07) is 7.62. The van der Waals surface area contributed by atoms with Crippen LogP contribution in [0.2, 0.25) is 0 Å². The standard InChI is InChI=1S/C18H21N3O2/c1-3-4-7-15-17(21-16-8-5-6-9-19-16)14-10-13(11-22)20-12(2)18(14)23-15/h5-6,8-10,22H,3-4,7,11H2,1-2H3,(H,19,21). The number of rotatable bonds is 6. The third kappa shape index (κ3) is 3.19. The van der Waals surface area contributed by atoms with Gasteiger partial charge in [-0.25, -0.2) is 4.98 Å². The van der Waals surface area contributed by atoms with E-state index in [0.717, 1.165) is 53.2 Å². The summed E-state index contributed by atoms with van der Waals surface area (Å²) in [5.74, 6) is 1.68. The Balaban J connectivity index is 2.12. The molecule has 0 saturated heterocycles. The fraction of sp³-hybridized carbons (Fsp3) is 0.333. The van der Waals surface area contributed by atoms with Gasteiger partial charge in [0.05, 0.1) is 23.7 Å². The zero-order valence-electron chi connectivity index (χ0n) is 13.5. The largest absolute Gasteiger partial charge is 0.457 e. The molecule has 0 aliphatic carbocycles. The quantitative estimate of drug-likeness (QED) is 0.717. The summed E-state index contributed by atoms with van der Waals surface area (Å²) < 4.78 is 6.07. The molecule has 0 aliphatic heterocycles. The topological polar surface area (TPSA) is 71.2 Å². The first-order valence-corrected chi connectivity index (χ1v) is 7.93. The molecule has 0 radical (unpaired) electrons. The van der Waals surface area contributed by atoms with E-state index in [1.54, 1.807) is 6.20 Å². The Bertz CT molecular complexity index is 797. The molecule has 0 bridgehead atoms. The molecule has 3 aromatic rings. The zero-order valence-corrected chi connectivity index (χ0v) is 13.5. The summed E-state index contributed by atoms with van der Waals surface area (Å²) in [5, 5.41) is 13.7. The number of aliphatic hydroxyl groups is 1. The Kier molecular flexibility index (Phi) is 4.57. The van der Waals surface area contributed by atoms with Crippen LogP contribution in [-0.2, 0) is 13.0 Å². The van der Waals surface area contributed by atoms with Crippen LogP contribution in [0.4, 0.5) is 11.5 Å². The van der Waals surface area contributed by atoms with Crippen molar-refractivity contribution in [1.82, 2.24) is 9.97 Å². The predicted octanol–water partition coefficient (Wildman–Crippen LogP) is 4.11. The number of pyridine rings is 2. The lowest BCUT2D eigenvalue weighted by Gasteiger charge is -2.06. The number of hydrogen-bond donors (Lipinski definition) is 2. The highest BCUT2D eigenvalue weighted by molar-refractivity contribution is 5.95. The van der Waals surface area contributed by atoms with Gasteiger partial charge in [0, 0.05) is 18.0 Å². The van der Waals surface area contributed by atoms with Crippen molar-refractivity contribution in [3.63, 3.8) is 0 Å². The molecular weight excluding hydrogens is 290 g/mol. The third-order valence-electron chi connectivity index (χ3n) is 3.81. The highest BCUT2D eigenvalue weighted by Crippen LogP contribution is 2.35. The number of nitrogens with one attached hydrogen (secondary N) is 1. The van der Waals surface area contributed by atoms with Crippen molar-refractivity contribution in [2.45, 2.75) is 39.7 Å². The molecule has 2 N–H and O–H groups in total. The van der Waals surface area contributed by atoms with Crippen LogP contribution in [0.25, 0.3) is 11.0 Å². The normalized spacial score (nSPS) is 11.1. The highest BCUT2D eigenvalue weighted by atomic mass is 16.3. The first kappa shape index (κ1) is 15.5. The van der Waals surface area contributed by atoms with Crippen LogP contribution in [0.15, 0.2) is 34.9 Å². The van der Waals surface area contributed by atoms with E-state index in [-0.39, 0.29) is 6.61 Å². The van der Waals surface area contributed by atoms with Crippen LogP contribution in [0.5, 0.6) is 0 Å². The van der Waals surface area contributed by atoms with Crippen LogP contribution in [0.3, 0.4) is 0 Å². The minimum atomic E-state index is -0.0880. The van der Waals surface area contributed by atoms with E-state index < -0.39 is 0 Å². The van der Waals surface area contributed by atoms with Crippen molar-refractivity contribution in [1.29, 1.82) is 0 Å². The van der Waals surface area contributed by atoms with Gasteiger partial charge in [-0.2, -0.15) is 0 Å². The van der Waals surface area contributed by atoms with Gasteiger partial charge < -0.3 is 14.8 Å². The molecule has 0 fully saturated rings. The average molecular weight is 311 g/mol. The minimum absolute atomic E-state index is 0.0880. The van der Waals surface area contributed by atoms with Gasteiger partial charge in [-0.15, -0.1) is 0 Å². The molecule has 3 aromatic heterocycles. The molecular formula is C18H21N3O2. The number of fused-ring (bicyclic) bond motifs is 1. The number of furan rings is 1. The Morgan fingerprint density at radius 1 is 1.30 bits per heavy atom. The number of hydrogen-bond acceptors (Lipinski definition) is 5. The first-order valence-electron chi connectivity index (χ1n) is 7.93. The molecule has 3 heterocycles. The molecule has 0 unspecified atom stereocenters. The van der Waals surface area contributed by atoms with Crippen LogP contribution in [0.1, 0.15) is 36.9 Å². The lowest BCUT2D eigenvalue weighted by molar-refractivity contribution is 0.277. The van der Waals surface area contributed by atoms with Gasteiger partial charge in [-0.1, -0.05) is 19.4 Å². The van der Waals surface area contributed by atoms with E-state index >= 15 is 0 Å². The zero-order chi connectivity index (χ0) is 16.2. The minimum Gasteiger partial charge on any atom is -0.457 e. The molecule has 3 rings (SSSR count). The Hall–Kier alpha value is -2.40. The van der Waals surface area contributed by atoms with Crippen molar-refractivity contribution in [3.05, 3.63) is 47.6 Å². The molecule has 0 atom stereocenters. The second-order valence-electron chi connectivity index (χ2n) is 5.58. The van der Waals surface area contributed by atoms with E-state index in [1.807, 2.05) is 31.2 Å². The van der Waals surface area contributed by atoms with Crippen molar-refractivity contribution >= 4 is 22.5 Å². The fourth-order valence-corrected chi connectivity index (χ4v) is 2.66. The number of nitrogens with zero attached hydrogens (tertiary/aromatic N) is 2. The predicted molar refractivity (Wildman–Crippen MR) is 90.8 cm³/mol. The van der Waals surface area contributed by atoms with Crippen LogP contribution in [0, 0.1) is 6.92 Å². The smallest absolute Gasteiger partial charge is 0.157 e. The monoisotopic (exact) mass is 311 g/mol. The molecule has 5 nitrogen and oxygen atoms in total. The Morgan fingerprint density at radius 3 is 2.87 bits per heavy atom. The van der Waals surface area contributed by atoms with E-state index in [9.17, 15) is 5.11 Å². The third-order valence-corrected chi connectivity index (χ3v) is 3.81. The van der Waals surface area contributed by atoms with Gasteiger partial charge in [0.1, 0.15) is 11.6 Å². The van der Waals surface area contributed by atoms with Crippen LogP contribution >= 0.6 is 0 Å². The van der Waals surface area contributed by atoms with Crippen molar-refractivity contribution in [2.24, 2.45) is 0 Å². The van der Waals surface area contributed by atoms with E-state index in [4.69, 9.17) is 4.42 Å². The highest BCUT2D eigenvalue weighted by Gasteiger charge is 2.17. The van der Waals surface area contributed by atoms with E-state index in [1.165, 1.54) is 0 Å². The second-order valence-corrected chi connectivity index (χ2v) is 5.58. The van der Waals surface area contributed by atoms with Crippen LogP contribution < -0.4 is 5.32 Å². The number of aromatic nitrogens is 2. The first-order chi connectivity index (χ1) is 11.2. The van der Waals surface area contributed by atoms with Gasteiger partial charge in [0.25, 0.3) is 0 Å². The lowest BCUT2D eigenvalue weighted by atomic mass is 10.1. The maximum absolute atomic E-state index is 9.42. The van der Waals surface area contributed by atoms with Crippen molar-refractivity contribution in [2.75, 3.05) is 5.32 Å². The fourth-order valence-electron chi connectivity index (χ4n) is 2.66. The summed E-state index contributed by atoms with van der Waals surface area (Å²) >= 11 is 0.